The van der Waals surface area contributed by atoms with Gasteiger partial charge in [-0.2, -0.15) is 0 Å². The quantitative estimate of drug-likeness (QED) is 0.774. The van der Waals surface area contributed by atoms with Gasteiger partial charge in [0.1, 0.15) is 10.9 Å². The Morgan fingerprint density at radius 2 is 2.06 bits per heavy atom. The van der Waals surface area contributed by atoms with Crippen LogP contribution in [0.25, 0.3) is 0 Å². The van der Waals surface area contributed by atoms with E-state index in [9.17, 15) is 0 Å². The van der Waals surface area contributed by atoms with Crippen LogP contribution in [0.5, 0.6) is 0 Å². The molecule has 6 heteroatoms. The van der Waals surface area contributed by atoms with E-state index in [1.807, 2.05) is 13.0 Å². The van der Waals surface area contributed by atoms with Gasteiger partial charge in [-0.25, -0.2) is 9.97 Å². The number of hydrogen-bond acceptors (Lipinski definition) is 6. The molecule has 0 N–H and O–H groups in total. The van der Waals surface area contributed by atoms with Gasteiger partial charge in [0.05, 0.1) is 0 Å². The molecule has 0 unspecified atom stereocenters. The van der Waals surface area contributed by atoms with Crippen molar-refractivity contribution in [1.29, 1.82) is 0 Å². The molecule has 0 atom stereocenters. The van der Waals surface area contributed by atoms with Crippen molar-refractivity contribution in [2.75, 3.05) is 0 Å². The van der Waals surface area contributed by atoms with Crippen LogP contribution in [0.1, 0.15) is 37.7 Å². The van der Waals surface area contributed by atoms with Crippen LogP contribution in [0, 0.1) is 6.92 Å². The minimum absolute atomic E-state index is 0.540. The lowest BCUT2D eigenvalue weighted by atomic mass is 10.3. The van der Waals surface area contributed by atoms with Crippen LogP contribution in [0.3, 0.4) is 0 Å². The second-order valence-electron chi connectivity index (χ2n) is 3.91. The lowest BCUT2D eigenvalue weighted by molar-refractivity contribution is 0.411. The van der Waals surface area contributed by atoms with Gasteiger partial charge in [0.25, 0.3) is 5.22 Å². The molecule has 96 valence electrons. The standard InChI is InChI=1S/C12H16N4OS/c1-4-6-10-15-16-12(17-10)18-11-7-9(5-2)13-8(3)14-11/h7H,4-6H2,1-3H3. The highest BCUT2D eigenvalue weighted by Gasteiger charge is 2.09. The summed E-state index contributed by atoms with van der Waals surface area (Å²) >= 11 is 1.39. The van der Waals surface area contributed by atoms with Crippen LogP contribution in [0.4, 0.5) is 0 Å². The molecule has 0 aliphatic rings. The molecule has 0 saturated carbocycles. The van der Waals surface area contributed by atoms with E-state index in [1.54, 1.807) is 0 Å². The van der Waals surface area contributed by atoms with Gasteiger partial charge in [0.15, 0.2) is 0 Å². The molecule has 0 radical (unpaired) electrons. The van der Waals surface area contributed by atoms with Crippen LogP contribution in [0.2, 0.25) is 0 Å². The summed E-state index contributed by atoms with van der Waals surface area (Å²) in [5.74, 6) is 1.45. The molecule has 2 heterocycles. The van der Waals surface area contributed by atoms with Gasteiger partial charge < -0.3 is 4.42 Å². The van der Waals surface area contributed by atoms with E-state index >= 15 is 0 Å². The van der Waals surface area contributed by atoms with E-state index in [0.29, 0.717) is 11.1 Å². The molecule has 0 fully saturated rings. The average Bonchev–Trinajstić information content (AvgIpc) is 2.76. The van der Waals surface area contributed by atoms with E-state index in [4.69, 9.17) is 4.42 Å². The zero-order valence-electron chi connectivity index (χ0n) is 10.8. The van der Waals surface area contributed by atoms with Crippen molar-refractivity contribution < 1.29 is 4.42 Å². The number of nitrogens with zero attached hydrogens (tertiary/aromatic N) is 4. The third-order valence-corrected chi connectivity index (χ3v) is 3.09. The van der Waals surface area contributed by atoms with Crippen LogP contribution in [-0.2, 0) is 12.8 Å². The molecule has 0 amide bonds. The molecule has 2 rings (SSSR count). The smallest absolute Gasteiger partial charge is 0.282 e. The lowest BCUT2D eigenvalue weighted by Gasteiger charge is -2.01. The summed E-state index contributed by atoms with van der Waals surface area (Å²) in [6.07, 6.45) is 2.71. The third kappa shape index (κ3) is 3.29. The Hall–Kier alpha value is -1.43. The van der Waals surface area contributed by atoms with Crippen LogP contribution in [0.15, 0.2) is 20.7 Å². The zero-order chi connectivity index (χ0) is 13.0. The summed E-state index contributed by atoms with van der Waals surface area (Å²) in [5.41, 5.74) is 1.03. The Morgan fingerprint density at radius 3 is 2.78 bits per heavy atom. The molecule has 0 bridgehead atoms. The largest absolute Gasteiger partial charge is 0.416 e. The molecule has 18 heavy (non-hydrogen) atoms. The van der Waals surface area contributed by atoms with Gasteiger partial charge in [0, 0.05) is 12.1 Å². The summed E-state index contributed by atoms with van der Waals surface area (Å²) in [6, 6.07) is 1.96. The van der Waals surface area contributed by atoms with Gasteiger partial charge in [-0.15, -0.1) is 10.2 Å². The Labute approximate surface area is 110 Å². The maximum Gasteiger partial charge on any atom is 0.282 e. The number of hydrogen-bond donors (Lipinski definition) is 0. The Kier molecular flexibility index (Phi) is 4.30. The summed E-state index contributed by atoms with van der Waals surface area (Å²) in [6.45, 7) is 6.04. The molecule has 2 aromatic heterocycles. The molecule has 0 saturated heterocycles. The fourth-order valence-corrected chi connectivity index (χ4v) is 2.29. The molecule has 5 nitrogen and oxygen atoms in total. The SMILES string of the molecule is CCCc1nnc(Sc2cc(CC)nc(C)n2)o1. The van der Waals surface area contributed by atoms with Crippen molar-refractivity contribution in [2.24, 2.45) is 0 Å². The monoisotopic (exact) mass is 264 g/mol. The second-order valence-corrected chi connectivity index (χ2v) is 4.88. The Bertz CT molecular complexity index is 527. The molecule has 2 aromatic rings. The first-order valence-corrected chi connectivity index (χ1v) is 6.87. The normalized spacial score (nSPS) is 10.8. The first-order chi connectivity index (χ1) is 8.71. The van der Waals surface area contributed by atoms with Crippen molar-refractivity contribution in [3.8, 4) is 0 Å². The topological polar surface area (TPSA) is 64.7 Å². The molecule has 0 aliphatic carbocycles. The van der Waals surface area contributed by atoms with E-state index in [2.05, 4.69) is 34.0 Å². The summed E-state index contributed by atoms with van der Waals surface area (Å²) in [7, 11) is 0. The van der Waals surface area contributed by atoms with Crippen molar-refractivity contribution in [3.63, 3.8) is 0 Å². The maximum absolute atomic E-state index is 5.52. The summed E-state index contributed by atoms with van der Waals surface area (Å²) < 4.78 is 5.52. The van der Waals surface area contributed by atoms with Gasteiger partial charge in [-0.1, -0.05) is 13.8 Å². The first kappa shape index (κ1) is 13.0. The lowest BCUT2D eigenvalue weighted by Crippen LogP contribution is -1.95. The van der Waals surface area contributed by atoms with Crippen LogP contribution in [-0.4, -0.2) is 20.2 Å². The minimum Gasteiger partial charge on any atom is -0.416 e. The molecule has 0 spiro atoms. The molecule has 0 aromatic carbocycles. The van der Waals surface area contributed by atoms with Gasteiger partial charge >= 0.3 is 0 Å². The third-order valence-electron chi connectivity index (χ3n) is 2.33. The van der Waals surface area contributed by atoms with E-state index < -0.39 is 0 Å². The summed E-state index contributed by atoms with van der Waals surface area (Å²) in [5, 5.41) is 9.38. The Morgan fingerprint density at radius 1 is 1.22 bits per heavy atom. The van der Waals surface area contributed by atoms with Gasteiger partial charge in [-0.3, -0.25) is 0 Å². The predicted molar refractivity (Wildman–Crippen MR) is 68.6 cm³/mol. The highest BCUT2D eigenvalue weighted by molar-refractivity contribution is 7.99. The maximum atomic E-state index is 5.52. The predicted octanol–water partition coefficient (Wildman–Crippen LogP) is 2.83. The van der Waals surface area contributed by atoms with E-state index in [1.165, 1.54) is 11.8 Å². The minimum atomic E-state index is 0.540. The van der Waals surface area contributed by atoms with Gasteiger partial charge in [0.2, 0.25) is 5.89 Å². The highest BCUT2D eigenvalue weighted by atomic mass is 32.2. The van der Waals surface area contributed by atoms with E-state index in [0.717, 1.165) is 35.8 Å². The molecular weight excluding hydrogens is 248 g/mol. The molecular formula is C12H16N4OS. The highest BCUT2D eigenvalue weighted by Crippen LogP contribution is 2.25. The number of rotatable bonds is 5. The van der Waals surface area contributed by atoms with E-state index in [-0.39, 0.29) is 0 Å². The molecule has 0 aliphatic heterocycles. The average molecular weight is 264 g/mol. The van der Waals surface area contributed by atoms with Gasteiger partial charge in [-0.05, 0) is 37.6 Å². The fourth-order valence-electron chi connectivity index (χ4n) is 1.52. The fraction of sp³-hybridized carbons (Fsp3) is 0.500. The first-order valence-electron chi connectivity index (χ1n) is 6.06. The van der Waals surface area contributed by atoms with Crippen LogP contribution < -0.4 is 0 Å². The Balaban J connectivity index is 2.14. The van der Waals surface area contributed by atoms with Crippen LogP contribution >= 0.6 is 11.8 Å². The van der Waals surface area contributed by atoms with Crippen molar-refractivity contribution in [3.05, 3.63) is 23.5 Å². The zero-order valence-corrected chi connectivity index (χ0v) is 11.6. The summed E-state index contributed by atoms with van der Waals surface area (Å²) in [4.78, 5) is 8.69. The van der Waals surface area contributed by atoms with Crippen molar-refractivity contribution in [1.82, 2.24) is 20.2 Å². The number of aromatic nitrogens is 4. The van der Waals surface area contributed by atoms with Crippen molar-refractivity contribution in [2.45, 2.75) is 50.3 Å². The van der Waals surface area contributed by atoms with Crippen molar-refractivity contribution >= 4 is 11.8 Å². The second kappa shape index (κ2) is 5.95. The number of aryl methyl sites for hydroxylation is 3.